The summed E-state index contributed by atoms with van der Waals surface area (Å²) in [5.74, 6) is -0.308. The number of ether oxygens (including phenoxy) is 1. The second-order valence-electron chi connectivity index (χ2n) is 8.92. The number of nitrogens with zero attached hydrogens (tertiary/aromatic N) is 1. The molecule has 2 aromatic heterocycles. The van der Waals surface area contributed by atoms with E-state index >= 15 is 0 Å². The van der Waals surface area contributed by atoms with Gasteiger partial charge in [-0.25, -0.2) is 4.79 Å². The van der Waals surface area contributed by atoms with Gasteiger partial charge in [0.2, 0.25) is 5.91 Å². The third-order valence-electron chi connectivity index (χ3n) is 5.26. The number of nitrogens with one attached hydrogen (secondary N) is 3. The summed E-state index contributed by atoms with van der Waals surface area (Å²) in [4.78, 5) is 29.0. The molecule has 4 rings (SSSR count). The van der Waals surface area contributed by atoms with Crippen molar-refractivity contribution in [2.45, 2.75) is 38.8 Å². The maximum absolute atomic E-state index is 13.3. The van der Waals surface area contributed by atoms with Gasteiger partial charge >= 0.3 is 6.09 Å². The van der Waals surface area contributed by atoms with Crippen LogP contribution in [-0.4, -0.2) is 33.2 Å². The third-order valence-corrected chi connectivity index (χ3v) is 5.26. The molecule has 0 fully saturated rings. The Labute approximate surface area is 186 Å². The van der Waals surface area contributed by atoms with Crippen molar-refractivity contribution >= 4 is 39.5 Å². The molecule has 2 heterocycles. The molecule has 2 amide bonds. The van der Waals surface area contributed by atoms with Crippen LogP contribution in [0.1, 0.15) is 26.3 Å². The van der Waals surface area contributed by atoms with Gasteiger partial charge in [0, 0.05) is 47.7 Å². The molecule has 166 valence electrons. The van der Waals surface area contributed by atoms with Crippen LogP contribution in [0, 0.1) is 0 Å². The van der Waals surface area contributed by atoms with Crippen molar-refractivity contribution in [2.24, 2.45) is 7.05 Å². The summed E-state index contributed by atoms with van der Waals surface area (Å²) >= 11 is 0. The molecule has 0 saturated carbocycles. The van der Waals surface area contributed by atoms with Crippen LogP contribution < -0.4 is 10.6 Å². The van der Waals surface area contributed by atoms with E-state index < -0.39 is 17.7 Å². The normalized spacial score (nSPS) is 12.6. The van der Waals surface area contributed by atoms with Crippen LogP contribution in [0.15, 0.2) is 60.9 Å². The molecule has 1 atom stereocenters. The fraction of sp³-hybridized carbons (Fsp3) is 0.280. The molecule has 7 heteroatoms. The molecule has 7 nitrogen and oxygen atoms in total. The largest absolute Gasteiger partial charge is 0.444 e. The molecular formula is C25H28N4O3. The van der Waals surface area contributed by atoms with Gasteiger partial charge in [-0.15, -0.1) is 0 Å². The molecular weight excluding hydrogens is 404 g/mol. The molecule has 0 unspecified atom stereocenters. The average Bonchev–Trinajstić information content (AvgIpc) is 3.32. The lowest BCUT2D eigenvalue weighted by Crippen LogP contribution is -2.47. The average molecular weight is 433 g/mol. The predicted molar refractivity (Wildman–Crippen MR) is 127 cm³/mol. The van der Waals surface area contributed by atoms with Crippen LogP contribution >= 0.6 is 0 Å². The van der Waals surface area contributed by atoms with E-state index in [1.807, 2.05) is 72.5 Å². The first-order valence-electron chi connectivity index (χ1n) is 10.6. The number of carbonyl (C=O) groups excluding carboxylic acids is 2. The molecule has 3 N–H and O–H groups in total. The lowest BCUT2D eigenvalue weighted by Gasteiger charge is -2.23. The van der Waals surface area contributed by atoms with E-state index in [1.54, 1.807) is 20.8 Å². The number of benzene rings is 2. The third kappa shape index (κ3) is 4.61. The lowest BCUT2D eigenvalue weighted by atomic mass is 10.0. The number of aromatic nitrogens is 2. The topological polar surface area (TPSA) is 88.2 Å². The molecule has 4 aromatic rings. The predicted octanol–water partition coefficient (Wildman–Crippen LogP) is 4.73. The first-order valence-corrected chi connectivity index (χ1v) is 10.6. The van der Waals surface area contributed by atoms with Gasteiger partial charge in [-0.3, -0.25) is 4.79 Å². The SMILES string of the molecule is Cn1cc(C[C@@H](NC(=O)OC(C)(C)C)C(=O)Nc2cccc3[nH]ccc23)c2ccccc21. The van der Waals surface area contributed by atoms with Crippen LogP contribution in [-0.2, 0) is 23.0 Å². The van der Waals surface area contributed by atoms with Gasteiger partial charge in [0.25, 0.3) is 0 Å². The Kier molecular flexibility index (Phi) is 5.65. The molecule has 2 aromatic carbocycles. The van der Waals surface area contributed by atoms with E-state index in [4.69, 9.17) is 4.74 Å². The molecule has 0 aliphatic rings. The Morgan fingerprint density at radius 1 is 1.06 bits per heavy atom. The van der Waals surface area contributed by atoms with E-state index in [0.717, 1.165) is 27.4 Å². The number of anilines is 1. The minimum atomic E-state index is -0.815. The Morgan fingerprint density at radius 2 is 1.84 bits per heavy atom. The fourth-order valence-corrected chi connectivity index (χ4v) is 3.88. The summed E-state index contributed by atoms with van der Waals surface area (Å²) in [7, 11) is 1.97. The van der Waals surface area contributed by atoms with Crippen LogP contribution in [0.3, 0.4) is 0 Å². The highest BCUT2D eigenvalue weighted by Gasteiger charge is 2.26. The van der Waals surface area contributed by atoms with E-state index in [0.29, 0.717) is 12.1 Å². The molecule has 0 saturated heterocycles. The smallest absolute Gasteiger partial charge is 0.408 e. The first-order chi connectivity index (χ1) is 15.2. The van der Waals surface area contributed by atoms with Crippen LogP contribution in [0.2, 0.25) is 0 Å². The Balaban J connectivity index is 1.62. The minimum Gasteiger partial charge on any atom is -0.444 e. The Morgan fingerprint density at radius 3 is 2.62 bits per heavy atom. The number of carbonyl (C=O) groups is 2. The highest BCUT2D eigenvalue weighted by molar-refractivity contribution is 6.04. The zero-order valence-corrected chi connectivity index (χ0v) is 18.7. The number of amides is 2. The standard InChI is InChI=1S/C25H28N4O3/c1-25(2,3)32-24(31)28-21(14-16-15-29(4)22-11-6-5-8-17(16)22)23(30)27-20-10-7-9-19-18(20)12-13-26-19/h5-13,15,21,26H,14H2,1-4H3,(H,27,30)(H,28,31)/t21-/m1/s1. The summed E-state index contributed by atoms with van der Waals surface area (Å²) in [6.45, 7) is 5.37. The van der Waals surface area contributed by atoms with Gasteiger partial charge in [0.1, 0.15) is 11.6 Å². The van der Waals surface area contributed by atoms with Crippen molar-refractivity contribution in [2.75, 3.05) is 5.32 Å². The summed E-state index contributed by atoms with van der Waals surface area (Å²) in [5, 5.41) is 7.70. The number of alkyl carbamates (subject to hydrolysis) is 1. The highest BCUT2D eigenvalue weighted by atomic mass is 16.6. The van der Waals surface area contributed by atoms with Crippen LogP contribution in [0.25, 0.3) is 21.8 Å². The fourth-order valence-electron chi connectivity index (χ4n) is 3.88. The second kappa shape index (κ2) is 8.42. The molecule has 0 radical (unpaired) electrons. The van der Waals surface area contributed by atoms with Crippen molar-refractivity contribution in [3.8, 4) is 0 Å². The van der Waals surface area contributed by atoms with Crippen molar-refractivity contribution in [1.82, 2.24) is 14.9 Å². The second-order valence-corrected chi connectivity index (χ2v) is 8.92. The van der Waals surface area contributed by atoms with Crippen molar-refractivity contribution in [3.63, 3.8) is 0 Å². The Hall–Kier alpha value is -3.74. The lowest BCUT2D eigenvalue weighted by molar-refractivity contribution is -0.118. The summed E-state index contributed by atoms with van der Waals surface area (Å²) in [6, 6.07) is 14.7. The van der Waals surface area contributed by atoms with Gasteiger partial charge in [0.05, 0.1) is 5.69 Å². The van der Waals surface area contributed by atoms with Crippen LogP contribution in [0.4, 0.5) is 10.5 Å². The van der Waals surface area contributed by atoms with Crippen molar-refractivity contribution in [1.29, 1.82) is 0 Å². The first kappa shape index (κ1) is 21.5. The van der Waals surface area contributed by atoms with E-state index in [2.05, 4.69) is 15.6 Å². The summed E-state index contributed by atoms with van der Waals surface area (Å²) in [6.07, 6.45) is 3.52. The maximum atomic E-state index is 13.3. The van der Waals surface area contributed by atoms with Gasteiger partial charge in [0.15, 0.2) is 0 Å². The zero-order chi connectivity index (χ0) is 22.9. The molecule has 0 spiro atoms. The van der Waals surface area contributed by atoms with Gasteiger partial charge in [-0.05, 0) is 50.6 Å². The summed E-state index contributed by atoms with van der Waals surface area (Å²) in [5.41, 5.74) is 2.98. The number of hydrogen-bond acceptors (Lipinski definition) is 3. The van der Waals surface area contributed by atoms with Crippen molar-refractivity contribution in [3.05, 3.63) is 66.5 Å². The molecule has 0 bridgehead atoms. The van der Waals surface area contributed by atoms with Crippen molar-refractivity contribution < 1.29 is 14.3 Å². The molecule has 32 heavy (non-hydrogen) atoms. The number of para-hydroxylation sites is 1. The zero-order valence-electron chi connectivity index (χ0n) is 18.7. The quantitative estimate of drug-likeness (QED) is 0.426. The monoisotopic (exact) mass is 432 g/mol. The number of rotatable bonds is 5. The number of H-pyrrole nitrogens is 1. The number of fused-ring (bicyclic) bond motifs is 2. The van der Waals surface area contributed by atoms with E-state index in [-0.39, 0.29) is 5.91 Å². The maximum Gasteiger partial charge on any atom is 0.408 e. The number of aromatic amines is 1. The van der Waals surface area contributed by atoms with Gasteiger partial charge in [-0.1, -0.05) is 24.3 Å². The van der Waals surface area contributed by atoms with Gasteiger partial charge in [-0.2, -0.15) is 0 Å². The number of hydrogen-bond donors (Lipinski definition) is 3. The van der Waals surface area contributed by atoms with Gasteiger partial charge < -0.3 is 24.9 Å². The van der Waals surface area contributed by atoms with Crippen LogP contribution in [0.5, 0.6) is 0 Å². The molecule has 0 aliphatic carbocycles. The van der Waals surface area contributed by atoms with E-state index in [1.165, 1.54) is 0 Å². The highest BCUT2D eigenvalue weighted by Crippen LogP contribution is 2.24. The summed E-state index contributed by atoms with van der Waals surface area (Å²) < 4.78 is 7.44. The minimum absolute atomic E-state index is 0.308. The number of aryl methyl sites for hydroxylation is 1. The molecule has 0 aliphatic heterocycles. The Bertz CT molecular complexity index is 1280. The van der Waals surface area contributed by atoms with E-state index in [9.17, 15) is 9.59 Å².